The summed E-state index contributed by atoms with van der Waals surface area (Å²) in [7, 11) is 0. The van der Waals surface area contributed by atoms with Gasteiger partial charge < -0.3 is 4.74 Å². The van der Waals surface area contributed by atoms with Crippen LogP contribution < -0.4 is 0 Å². The molecule has 21 heavy (non-hydrogen) atoms. The maximum atomic E-state index is 11.9. The quantitative estimate of drug-likeness (QED) is 0.455. The van der Waals surface area contributed by atoms with Gasteiger partial charge in [-0.3, -0.25) is 14.4 Å². The molecule has 0 aliphatic heterocycles. The molecule has 4 nitrogen and oxygen atoms in total. The van der Waals surface area contributed by atoms with Crippen molar-refractivity contribution in [3.8, 4) is 0 Å². The van der Waals surface area contributed by atoms with Crippen LogP contribution in [-0.4, -0.2) is 24.6 Å². The Morgan fingerprint density at radius 2 is 2.19 bits per heavy atom. The highest BCUT2D eigenvalue weighted by molar-refractivity contribution is 5.95. The number of allylic oxidation sites excluding steroid dienone is 3. The van der Waals surface area contributed by atoms with Crippen LogP contribution in [0, 0.1) is 17.3 Å². The van der Waals surface area contributed by atoms with Gasteiger partial charge in [0, 0.05) is 18.8 Å². The van der Waals surface area contributed by atoms with E-state index in [4.69, 9.17) is 4.74 Å². The van der Waals surface area contributed by atoms with Gasteiger partial charge in [-0.25, -0.2) is 0 Å². The van der Waals surface area contributed by atoms with E-state index in [0.717, 1.165) is 12.7 Å². The molecule has 0 amide bonds. The normalized spacial score (nSPS) is 32.8. The average Bonchev–Trinajstić information content (AvgIpc) is 3.01. The number of hydrogen-bond donors (Lipinski definition) is 0. The van der Waals surface area contributed by atoms with Crippen molar-refractivity contribution in [1.29, 1.82) is 0 Å². The summed E-state index contributed by atoms with van der Waals surface area (Å²) < 4.78 is 5.18. The molecule has 4 heteroatoms. The van der Waals surface area contributed by atoms with Crippen molar-refractivity contribution in [2.24, 2.45) is 17.3 Å². The number of fused-ring (bicyclic) bond motifs is 1. The molecular weight excluding hydrogens is 268 g/mol. The number of hydrogen-bond acceptors (Lipinski definition) is 4. The average molecular weight is 290 g/mol. The van der Waals surface area contributed by atoms with Gasteiger partial charge in [0.15, 0.2) is 5.78 Å². The van der Waals surface area contributed by atoms with Crippen LogP contribution in [-0.2, 0) is 19.1 Å². The highest BCUT2D eigenvalue weighted by atomic mass is 16.5. The Balaban J connectivity index is 2.18. The van der Waals surface area contributed by atoms with Crippen LogP contribution in [0.15, 0.2) is 23.8 Å². The van der Waals surface area contributed by atoms with Gasteiger partial charge in [-0.1, -0.05) is 19.6 Å². The lowest BCUT2D eigenvalue weighted by Crippen LogP contribution is -2.13. The van der Waals surface area contributed by atoms with E-state index in [1.165, 1.54) is 6.92 Å². The summed E-state index contributed by atoms with van der Waals surface area (Å²) in [5, 5.41) is 0. The molecule has 0 N–H and O–H groups in total. The number of Topliss-reactive ketones (excluding diaryl/α,β-unsaturated/α-hetero) is 1. The van der Waals surface area contributed by atoms with Crippen molar-refractivity contribution >= 4 is 18.0 Å². The molecule has 2 aliphatic rings. The molecule has 0 aromatic heterocycles. The van der Waals surface area contributed by atoms with Gasteiger partial charge >= 0.3 is 5.97 Å². The SMILES string of the molecule is C=C1CCC2C(C=C(C=O)CCC1=O)C2(C)COC(C)=O. The van der Waals surface area contributed by atoms with E-state index in [1.54, 1.807) is 0 Å². The maximum absolute atomic E-state index is 11.9. The summed E-state index contributed by atoms with van der Waals surface area (Å²) in [4.78, 5) is 34.1. The van der Waals surface area contributed by atoms with E-state index >= 15 is 0 Å². The second-order valence-electron chi connectivity index (χ2n) is 6.34. The van der Waals surface area contributed by atoms with Gasteiger partial charge in [0.1, 0.15) is 6.29 Å². The first-order valence-electron chi connectivity index (χ1n) is 7.38. The molecule has 2 aliphatic carbocycles. The number of carbonyl (C=O) groups is 3. The number of rotatable bonds is 3. The fourth-order valence-corrected chi connectivity index (χ4v) is 3.29. The van der Waals surface area contributed by atoms with Crippen LogP contribution in [0.25, 0.3) is 0 Å². The third-order valence-corrected chi connectivity index (χ3v) is 4.86. The van der Waals surface area contributed by atoms with Gasteiger partial charge in [-0.05, 0) is 42.2 Å². The third kappa shape index (κ3) is 3.31. The Bertz CT molecular complexity index is 517. The monoisotopic (exact) mass is 290 g/mol. The van der Waals surface area contributed by atoms with Gasteiger partial charge in [-0.2, -0.15) is 0 Å². The molecule has 1 saturated carbocycles. The Hall–Kier alpha value is -1.71. The van der Waals surface area contributed by atoms with Crippen LogP contribution in [0.1, 0.15) is 39.5 Å². The van der Waals surface area contributed by atoms with Crippen molar-refractivity contribution in [3.63, 3.8) is 0 Å². The topological polar surface area (TPSA) is 60.4 Å². The third-order valence-electron chi connectivity index (χ3n) is 4.86. The number of ketones is 1. The fraction of sp³-hybridized carbons (Fsp3) is 0.588. The van der Waals surface area contributed by atoms with Gasteiger partial charge in [0.05, 0.1) is 6.61 Å². The first-order chi connectivity index (χ1) is 9.88. The van der Waals surface area contributed by atoms with Crippen molar-refractivity contribution in [2.45, 2.75) is 39.5 Å². The first kappa shape index (κ1) is 15.7. The molecule has 0 aromatic rings. The second-order valence-corrected chi connectivity index (χ2v) is 6.34. The predicted octanol–water partition coefficient (Wildman–Crippen LogP) is 2.63. The molecular formula is C17H22O4. The van der Waals surface area contributed by atoms with Crippen LogP contribution in [0.2, 0.25) is 0 Å². The second kappa shape index (κ2) is 5.96. The number of esters is 1. The van der Waals surface area contributed by atoms with Crippen molar-refractivity contribution in [2.75, 3.05) is 6.61 Å². The van der Waals surface area contributed by atoms with Crippen LogP contribution >= 0.6 is 0 Å². The number of aldehydes is 1. The molecule has 114 valence electrons. The Morgan fingerprint density at radius 1 is 1.48 bits per heavy atom. The van der Waals surface area contributed by atoms with E-state index in [2.05, 4.69) is 13.5 Å². The molecule has 0 saturated heterocycles. The summed E-state index contributed by atoms with van der Waals surface area (Å²) in [5.41, 5.74) is 1.18. The van der Waals surface area contributed by atoms with E-state index < -0.39 is 0 Å². The molecule has 3 atom stereocenters. The highest BCUT2D eigenvalue weighted by Crippen LogP contribution is 2.62. The van der Waals surface area contributed by atoms with Gasteiger partial charge in [0.25, 0.3) is 0 Å². The number of carbonyl (C=O) groups excluding carboxylic acids is 3. The highest BCUT2D eigenvalue weighted by Gasteiger charge is 2.60. The molecule has 2 rings (SSSR count). The van der Waals surface area contributed by atoms with E-state index in [9.17, 15) is 14.4 Å². The fourth-order valence-electron chi connectivity index (χ4n) is 3.29. The molecule has 0 radical (unpaired) electrons. The van der Waals surface area contributed by atoms with Crippen molar-refractivity contribution in [1.82, 2.24) is 0 Å². The zero-order valence-corrected chi connectivity index (χ0v) is 12.7. The van der Waals surface area contributed by atoms with E-state index in [-0.39, 0.29) is 23.1 Å². The smallest absolute Gasteiger partial charge is 0.302 e. The number of ether oxygens (including phenoxy) is 1. The van der Waals surface area contributed by atoms with Crippen LogP contribution in [0.5, 0.6) is 0 Å². The largest absolute Gasteiger partial charge is 0.465 e. The zero-order valence-electron chi connectivity index (χ0n) is 12.7. The summed E-state index contributed by atoms with van der Waals surface area (Å²) in [6.45, 7) is 7.69. The minimum atomic E-state index is -0.288. The van der Waals surface area contributed by atoms with Crippen LogP contribution in [0.3, 0.4) is 0 Å². The Labute approximate surface area is 125 Å². The lowest BCUT2D eigenvalue weighted by Gasteiger charge is -2.11. The molecule has 0 aromatic carbocycles. The Kier molecular flexibility index (Phi) is 4.45. The van der Waals surface area contributed by atoms with E-state index in [0.29, 0.717) is 42.9 Å². The van der Waals surface area contributed by atoms with E-state index in [1.807, 2.05) is 6.08 Å². The zero-order chi connectivity index (χ0) is 15.6. The maximum Gasteiger partial charge on any atom is 0.302 e. The minimum Gasteiger partial charge on any atom is -0.465 e. The van der Waals surface area contributed by atoms with Gasteiger partial charge in [-0.15, -0.1) is 0 Å². The molecule has 0 heterocycles. The Morgan fingerprint density at radius 3 is 2.81 bits per heavy atom. The lowest BCUT2D eigenvalue weighted by atomic mass is 9.97. The summed E-state index contributed by atoms with van der Waals surface area (Å²) in [6, 6.07) is 0. The minimum absolute atomic E-state index is 0.0449. The van der Waals surface area contributed by atoms with Crippen molar-refractivity contribution in [3.05, 3.63) is 23.8 Å². The van der Waals surface area contributed by atoms with Crippen molar-refractivity contribution < 1.29 is 19.1 Å². The molecule has 0 spiro atoms. The summed E-state index contributed by atoms with van der Waals surface area (Å²) >= 11 is 0. The molecule has 0 bridgehead atoms. The summed E-state index contributed by atoms with van der Waals surface area (Å²) in [5.74, 6) is 0.320. The van der Waals surface area contributed by atoms with Crippen LogP contribution in [0.4, 0.5) is 0 Å². The first-order valence-corrected chi connectivity index (χ1v) is 7.38. The molecule has 1 fully saturated rings. The van der Waals surface area contributed by atoms with Gasteiger partial charge in [0.2, 0.25) is 0 Å². The lowest BCUT2D eigenvalue weighted by molar-refractivity contribution is -0.142. The molecule has 3 unspecified atom stereocenters. The summed E-state index contributed by atoms with van der Waals surface area (Å²) in [6.07, 6.45) is 5.15. The predicted molar refractivity (Wildman–Crippen MR) is 78.5 cm³/mol. The standard InChI is InChI=1S/C17H22O4/c1-11-4-6-14-15(17(14,3)10-21-12(2)19)8-13(9-18)5-7-16(11)20/h8-9,14-15H,1,4-7,10H2,2-3H3.